The van der Waals surface area contributed by atoms with Gasteiger partial charge in [0.05, 0.1) is 12.7 Å². The summed E-state index contributed by atoms with van der Waals surface area (Å²) in [5.41, 5.74) is 0. The molecule has 0 aromatic carbocycles. The summed E-state index contributed by atoms with van der Waals surface area (Å²) >= 11 is 0. The lowest BCUT2D eigenvalue weighted by atomic mass is 10.2. The van der Waals surface area contributed by atoms with E-state index in [9.17, 15) is 4.79 Å². The van der Waals surface area contributed by atoms with Gasteiger partial charge < -0.3 is 9.47 Å². The molecule has 1 aliphatic heterocycles. The molecule has 0 N–H and O–H groups in total. The molecule has 138 valence electrons. The number of carbonyl (C=O) groups excluding carboxylic acids is 1. The Kier molecular flexibility index (Phi) is 12.3. The number of esters is 1. The van der Waals surface area contributed by atoms with Crippen molar-refractivity contribution >= 4 is 5.97 Å². The molecule has 1 saturated heterocycles. The second kappa shape index (κ2) is 14.5. The zero-order valence-electron chi connectivity index (χ0n) is 15.6. The third-order valence-electron chi connectivity index (χ3n) is 3.73. The molecule has 1 fully saturated rings. The van der Waals surface area contributed by atoms with Crippen molar-refractivity contribution in [3.8, 4) is 0 Å². The molecule has 2 atom stereocenters. The van der Waals surface area contributed by atoms with Crippen LogP contribution in [0.4, 0.5) is 0 Å². The van der Waals surface area contributed by atoms with E-state index in [1.54, 1.807) is 0 Å². The van der Waals surface area contributed by atoms with Gasteiger partial charge in [0.2, 0.25) is 0 Å². The van der Waals surface area contributed by atoms with Crippen molar-refractivity contribution in [2.75, 3.05) is 6.61 Å². The second-order valence-corrected chi connectivity index (χ2v) is 5.86. The Hall–Kier alpha value is -1.87. The van der Waals surface area contributed by atoms with E-state index < -0.39 is 0 Å². The summed E-state index contributed by atoms with van der Waals surface area (Å²) < 4.78 is 10.3. The molecule has 3 heteroatoms. The van der Waals surface area contributed by atoms with E-state index >= 15 is 0 Å². The number of hydrogen-bond donors (Lipinski definition) is 0. The summed E-state index contributed by atoms with van der Waals surface area (Å²) in [5, 5.41) is 0. The lowest BCUT2D eigenvalue weighted by Crippen LogP contribution is -2.02. The molecule has 3 nitrogen and oxygen atoms in total. The van der Waals surface area contributed by atoms with Gasteiger partial charge in [0.1, 0.15) is 6.10 Å². The molecule has 0 spiro atoms. The van der Waals surface area contributed by atoms with E-state index in [4.69, 9.17) is 9.47 Å². The maximum absolute atomic E-state index is 11.1. The molecule has 1 aliphatic rings. The molecule has 1 heterocycles. The van der Waals surface area contributed by atoms with Gasteiger partial charge in [0.25, 0.3) is 0 Å². The Bertz CT molecular complexity index is 497. The minimum absolute atomic E-state index is 0.0989. The third kappa shape index (κ3) is 12.2. The molecule has 0 aromatic rings. The standard InChI is InChI=1S/C22H32O3/c1-3-20-21(25-20)18-16-14-12-10-8-6-5-7-9-11-13-15-17-19-22(23)24-4-2/h5,7-8,10-14,16,18,20-21H,3-4,6,9,15,17,19H2,1-2H3/b7-5-,10-8-,13-11-,14-12+,18-16+. The van der Waals surface area contributed by atoms with Gasteiger partial charge in [-0.25, -0.2) is 0 Å². The van der Waals surface area contributed by atoms with Crippen LogP contribution >= 0.6 is 0 Å². The maximum Gasteiger partial charge on any atom is 0.305 e. The van der Waals surface area contributed by atoms with Crippen molar-refractivity contribution in [2.24, 2.45) is 0 Å². The van der Waals surface area contributed by atoms with Gasteiger partial charge in [-0.15, -0.1) is 0 Å². The molecular weight excluding hydrogens is 312 g/mol. The summed E-state index contributed by atoms with van der Waals surface area (Å²) in [5.74, 6) is -0.0989. The van der Waals surface area contributed by atoms with Crippen molar-refractivity contribution in [1.29, 1.82) is 0 Å². The monoisotopic (exact) mass is 344 g/mol. The normalized spacial score (nSPS) is 20.7. The van der Waals surface area contributed by atoms with Crippen molar-refractivity contribution in [3.05, 3.63) is 60.8 Å². The molecule has 0 radical (unpaired) electrons. The summed E-state index contributed by atoms with van der Waals surface area (Å²) in [7, 11) is 0. The number of carbonyl (C=O) groups is 1. The molecule has 2 unspecified atom stereocenters. The fraction of sp³-hybridized carbons (Fsp3) is 0.500. The van der Waals surface area contributed by atoms with Crippen LogP contribution in [-0.4, -0.2) is 24.8 Å². The molecule has 1 rings (SSSR count). The Balaban J connectivity index is 1.95. The molecule has 0 saturated carbocycles. The fourth-order valence-corrected chi connectivity index (χ4v) is 2.27. The zero-order chi connectivity index (χ0) is 18.2. The summed E-state index contributed by atoms with van der Waals surface area (Å²) in [6.45, 7) is 4.44. The van der Waals surface area contributed by atoms with Crippen molar-refractivity contribution in [3.63, 3.8) is 0 Å². The minimum Gasteiger partial charge on any atom is -0.466 e. The van der Waals surface area contributed by atoms with Gasteiger partial charge >= 0.3 is 5.97 Å². The summed E-state index contributed by atoms with van der Waals surface area (Å²) in [6, 6.07) is 0. The van der Waals surface area contributed by atoms with Crippen LogP contribution in [0.2, 0.25) is 0 Å². The molecule has 0 aliphatic carbocycles. The van der Waals surface area contributed by atoms with E-state index in [0.717, 1.165) is 32.1 Å². The zero-order valence-corrected chi connectivity index (χ0v) is 15.6. The highest BCUT2D eigenvalue weighted by Gasteiger charge is 2.33. The van der Waals surface area contributed by atoms with Gasteiger partial charge in [-0.3, -0.25) is 4.79 Å². The average Bonchev–Trinajstić information content (AvgIpc) is 3.37. The van der Waals surface area contributed by atoms with Gasteiger partial charge in [-0.1, -0.05) is 67.7 Å². The van der Waals surface area contributed by atoms with E-state index in [2.05, 4.69) is 49.5 Å². The first kappa shape index (κ1) is 21.2. The number of hydrogen-bond acceptors (Lipinski definition) is 3. The van der Waals surface area contributed by atoms with Crippen LogP contribution < -0.4 is 0 Å². The largest absolute Gasteiger partial charge is 0.466 e. The Morgan fingerprint density at radius 1 is 0.960 bits per heavy atom. The summed E-state index contributed by atoms with van der Waals surface area (Å²) in [6.07, 6.45) is 27.0. The predicted octanol–water partition coefficient (Wildman–Crippen LogP) is 5.46. The maximum atomic E-state index is 11.1. The SMILES string of the molecule is CCOC(=O)CCC/C=C\C/C=C\C\C=C/C=C/C=C/C1OC1CC. The lowest BCUT2D eigenvalue weighted by molar-refractivity contribution is -0.143. The highest BCUT2D eigenvalue weighted by Crippen LogP contribution is 2.25. The Labute approximate surface area is 152 Å². The molecular formula is C22H32O3. The van der Waals surface area contributed by atoms with Gasteiger partial charge in [0, 0.05) is 6.42 Å². The van der Waals surface area contributed by atoms with Gasteiger partial charge in [-0.2, -0.15) is 0 Å². The van der Waals surface area contributed by atoms with E-state index in [1.807, 2.05) is 25.2 Å². The second-order valence-electron chi connectivity index (χ2n) is 5.86. The first-order chi connectivity index (χ1) is 12.3. The topological polar surface area (TPSA) is 38.8 Å². The number of unbranched alkanes of at least 4 members (excludes halogenated alkanes) is 1. The van der Waals surface area contributed by atoms with Crippen molar-refractivity contribution < 1.29 is 14.3 Å². The smallest absolute Gasteiger partial charge is 0.305 e. The molecule has 0 bridgehead atoms. The Morgan fingerprint density at radius 2 is 1.68 bits per heavy atom. The molecule has 0 aromatic heterocycles. The first-order valence-electron chi connectivity index (χ1n) is 9.39. The highest BCUT2D eigenvalue weighted by atomic mass is 16.6. The van der Waals surface area contributed by atoms with E-state index in [1.165, 1.54) is 0 Å². The van der Waals surface area contributed by atoms with Gasteiger partial charge in [-0.05, 0) is 39.0 Å². The third-order valence-corrected chi connectivity index (χ3v) is 3.73. The van der Waals surface area contributed by atoms with E-state index in [-0.39, 0.29) is 5.97 Å². The van der Waals surface area contributed by atoms with Crippen LogP contribution in [0.25, 0.3) is 0 Å². The van der Waals surface area contributed by atoms with Crippen LogP contribution in [0.3, 0.4) is 0 Å². The first-order valence-corrected chi connectivity index (χ1v) is 9.39. The number of ether oxygens (including phenoxy) is 2. The van der Waals surface area contributed by atoms with Crippen LogP contribution in [0.15, 0.2) is 60.8 Å². The quantitative estimate of drug-likeness (QED) is 0.146. The average molecular weight is 344 g/mol. The summed E-state index contributed by atoms with van der Waals surface area (Å²) in [4.78, 5) is 11.1. The van der Waals surface area contributed by atoms with Crippen LogP contribution in [0.1, 0.15) is 52.4 Å². The molecule has 0 amide bonds. The van der Waals surface area contributed by atoms with Crippen LogP contribution in [-0.2, 0) is 14.3 Å². The van der Waals surface area contributed by atoms with Crippen molar-refractivity contribution in [2.45, 2.75) is 64.6 Å². The molecule has 25 heavy (non-hydrogen) atoms. The predicted molar refractivity (Wildman–Crippen MR) is 104 cm³/mol. The highest BCUT2D eigenvalue weighted by molar-refractivity contribution is 5.69. The van der Waals surface area contributed by atoms with Crippen LogP contribution in [0.5, 0.6) is 0 Å². The Morgan fingerprint density at radius 3 is 2.40 bits per heavy atom. The minimum atomic E-state index is -0.0989. The number of allylic oxidation sites excluding steroid dienone is 9. The lowest BCUT2D eigenvalue weighted by Gasteiger charge is -1.98. The fourth-order valence-electron chi connectivity index (χ4n) is 2.27. The van der Waals surface area contributed by atoms with E-state index in [0.29, 0.717) is 25.2 Å². The van der Waals surface area contributed by atoms with Gasteiger partial charge in [0.15, 0.2) is 0 Å². The number of epoxide rings is 1. The van der Waals surface area contributed by atoms with Crippen LogP contribution in [0, 0.1) is 0 Å². The number of rotatable bonds is 13. The van der Waals surface area contributed by atoms with Crippen molar-refractivity contribution in [1.82, 2.24) is 0 Å².